The van der Waals surface area contributed by atoms with E-state index in [0.717, 1.165) is 24.3 Å². The number of rotatable bonds is 6. The molecule has 1 heterocycles. The third-order valence-corrected chi connectivity index (χ3v) is 12.3. The Morgan fingerprint density at radius 2 is 1.54 bits per heavy atom. The number of hydrogen-bond donors (Lipinski definition) is 1. The molecule has 0 spiro atoms. The molecule has 202 valence electrons. The molecular weight excluding hydrogens is 531 g/mol. The van der Waals surface area contributed by atoms with Crippen LogP contribution in [0.25, 0.3) is 0 Å². The van der Waals surface area contributed by atoms with E-state index in [1.807, 2.05) is 0 Å². The summed E-state index contributed by atoms with van der Waals surface area (Å²) in [5.41, 5.74) is -1.09. The fourth-order valence-electron chi connectivity index (χ4n) is 4.75. The summed E-state index contributed by atoms with van der Waals surface area (Å²) < 4.78 is 89.5. The van der Waals surface area contributed by atoms with Crippen LogP contribution in [0.1, 0.15) is 55.5 Å². The highest BCUT2D eigenvalue weighted by Crippen LogP contribution is 2.40. The second-order valence-corrected chi connectivity index (χ2v) is 14.9. The number of alkyl halides is 3. The average Bonchev–Trinajstić information content (AvgIpc) is 3.69. The maximum absolute atomic E-state index is 13.3. The Bertz CT molecular complexity index is 1420. The van der Waals surface area contributed by atoms with Crippen LogP contribution in [0.3, 0.4) is 0 Å². The van der Waals surface area contributed by atoms with Crippen molar-refractivity contribution in [1.82, 2.24) is 4.90 Å². The number of piperidine rings is 1. The number of benzene rings is 2. The Morgan fingerprint density at radius 1 is 0.919 bits per heavy atom. The zero-order chi connectivity index (χ0) is 27.4. The molecule has 0 bridgehead atoms. The van der Waals surface area contributed by atoms with Gasteiger partial charge < -0.3 is 10.0 Å². The molecule has 0 radical (unpaired) electrons. The van der Waals surface area contributed by atoms with Gasteiger partial charge in [0.2, 0.25) is 0 Å². The molecule has 37 heavy (non-hydrogen) atoms. The number of phenols is 1. The number of nitrogens with zero attached hydrogens (tertiary/aromatic N) is 1. The predicted molar refractivity (Wildman–Crippen MR) is 130 cm³/mol. The highest BCUT2D eigenvalue weighted by atomic mass is 32.2. The van der Waals surface area contributed by atoms with Gasteiger partial charge in [-0.25, -0.2) is 16.8 Å². The van der Waals surface area contributed by atoms with Gasteiger partial charge in [-0.2, -0.15) is 13.2 Å². The van der Waals surface area contributed by atoms with Crippen molar-refractivity contribution >= 4 is 25.6 Å². The van der Waals surface area contributed by atoms with Crippen LogP contribution >= 0.6 is 0 Å². The van der Waals surface area contributed by atoms with E-state index in [-0.39, 0.29) is 36.4 Å². The number of halogens is 3. The third-order valence-electron chi connectivity index (χ3n) is 7.42. The monoisotopic (exact) mass is 559 g/mol. The summed E-state index contributed by atoms with van der Waals surface area (Å²) in [7, 11) is -7.67. The number of likely N-dealkylation sites (tertiary alicyclic amines) is 1. The van der Waals surface area contributed by atoms with Crippen LogP contribution in [0.4, 0.5) is 13.2 Å². The molecule has 4 rings (SSSR count). The fourth-order valence-corrected chi connectivity index (χ4v) is 8.25. The molecule has 1 N–H and O–H groups in total. The molecule has 12 heteroatoms. The molecule has 0 aromatic heterocycles. The molecule has 7 nitrogen and oxygen atoms in total. The Hall–Kier alpha value is -2.60. The first-order chi connectivity index (χ1) is 17.1. The van der Waals surface area contributed by atoms with Crippen LogP contribution < -0.4 is 0 Å². The number of aromatic hydroxyl groups is 1. The minimum Gasteiger partial charge on any atom is -0.507 e. The zero-order valence-electron chi connectivity index (χ0n) is 20.3. The number of carbonyl (C=O) groups excluding carboxylic acids is 1. The van der Waals surface area contributed by atoms with Gasteiger partial charge in [-0.1, -0.05) is 6.07 Å². The lowest BCUT2D eigenvalue weighted by Gasteiger charge is -2.40. The largest absolute Gasteiger partial charge is 0.507 e. The van der Waals surface area contributed by atoms with Crippen molar-refractivity contribution in [3.8, 4) is 5.75 Å². The first kappa shape index (κ1) is 27.4. The summed E-state index contributed by atoms with van der Waals surface area (Å²) in [4.78, 5) is 14.0. The topological polar surface area (TPSA) is 109 Å². The smallest absolute Gasteiger partial charge is 0.416 e. The van der Waals surface area contributed by atoms with E-state index in [9.17, 15) is 39.9 Å². The second kappa shape index (κ2) is 9.30. The SMILES string of the molecule is CC(C)(C1CCN(C(=O)c2ccc(S(=O)(=O)C3CC3)cc2O)CC1)S(=O)(=O)c1cccc(C(F)(F)F)c1. The molecule has 0 atom stereocenters. The Balaban J connectivity index is 1.47. The number of sulfone groups is 2. The van der Waals surface area contributed by atoms with E-state index < -0.39 is 63.9 Å². The van der Waals surface area contributed by atoms with Gasteiger partial charge in [-0.15, -0.1) is 0 Å². The van der Waals surface area contributed by atoms with E-state index in [2.05, 4.69) is 0 Å². The molecule has 1 amide bonds. The second-order valence-electron chi connectivity index (χ2n) is 10.1. The van der Waals surface area contributed by atoms with Crippen LogP contribution in [0.2, 0.25) is 0 Å². The van der Waals surface area contributed by atoms with Crippen LogP contribution in [0.15, 0.2) is 52.3 Å². The summed E-state index contributed by atoms with van der Waals surface area (Å²) in [6.07, 6.45) is -2.97. The van der Waals surface area contributed by atoms with Gasteiger partial charge in [0.15, 0.2) is 19.7 Å². The van der Waals surface area contributed by atoms with E-state index in [4.69, 9.17) is 0 Å². The Labute approximate surface area is 214 Å². The van der Waals surface area contributed by atoms with Gasteiger partial charge in [0.1, 0.15) is 5.75 Å². The van der Waals surface area contributed by atoms with Gasteiger partial charge >= 0.3 is 6.18 Å². The maximum atomic E-state index is 13.3. The van der Waals surface area contributed by atoms with Crippen molar-refractivity contribution in [2.75, 3.05) is 13.1 Å². The first-order valence-corrected chi connectivity index (χ1v) is 14.9. The molecule has 1 aliphatic heterocycles. The van der Waals surface area contributed by atoms with Crippen LogP contribution in [0.5, 0.6) is 5.75 Å². The van der Waals surface area contributed by atoms with E-state index in [0.29, 0.717) is 18.9 Å². The predicted octanol–water partition coefficient (Wildman–Crippen LogP) is 4.45. The summed E-state index contributed by atoms with van der Waals surface area (Å²) >= 11 is 0. The molecule has 0 unspecified atom stereocenters. The Kier molecular flexibility index (Phi) is 6.90. The minimum atomic E-state index is -4.67. The normalized spacial score (nSPS) is 18.1. The highest BCUT2D eigenvalue weighted by Gasteiger charge is 2.45. The van der Waals surface area contributed by atoms with Gasteiger partial charge in [0.05, 0.1) is 30.9 Å². The van der Waals surface area contributed by atoms with Crippen molar-refractivity contribution < 1.29 is 39.9 Å². The molecular formula is C25H28F3NO6S2. The summed E-state index contributed by atoms with van der Waals surface area (Å²) in [5, 5.41) is 9.92. The van der Waals surface area contributed by atoms with Crippen molar-refractivity contribution in [1.29, 1.82) is 0 Å². The lowest BCUT2D eigenvalue weighted by atomic mass is 9.85. The summed E-state index contributed by atoms with van der Waals surface area (Å²) in [6, 6.07) is 7.35. The Morgan fingerprint density at radius 3 is 2.08 bits per heavy atom. The van der Waals surface area contributed by atoms with Gasteiger partial charge in [-0.05, 0) is 81.8 Å². The standard InChI is InChI=1S/C25H28F3NO6S2/c1-24(2,37(34,35)20-5-3-4-17(14-20)25(26,27)28)16-10-12-29(13-11-16)23(31)21-9-8-19(15-22(21)30)36(32,33)18-6-7-18/h3-5,8-9,14-16,18,30H,6-7,10-13H2,1-2H3. The van der Waals surface area contributed by atoms with Crippen molar-refractivity contribution in [3.05, 3.63) is 53.6 Å². The van der Waals surface area contributed by atoms with Crippen molar-refractivity contribution in [2.24, 2.45) is 5.92 Å². The lowest BCUT2D eigenvalue weighted by molar-refractivity contribution is -0.137. The summed E-state index contributed by atoms with van der Waals surface area (Å²) in [6.45, 7) is 3.31. The third kappa shape index (κ3) is 5.09. The molecule has 2 fully saturated rings. The minimum absolute atomic E-state index is 0.0377. The maximum Gasteiger partial charge on any atom is 0.416 e. The van der Waals surface area contributed by atoms with Crippen molar-refractivity contribution in [3.63, 3.8) is 0 Å². The number of amides is 1. The molecule has 1 saturated carbocycles. The van der Waals surface area contributed by atoms with E-state index in [1.54, 1.807) is 0 Å². The summed E-state index contributed by atoms with van der Waals surface area (Å²) in [5.74, 6) is -1.39. The molecule has 1 aliphatic carbocycles. The zero-order valence-corrected chi connectivity index (χ0v) is 22.0. The van der Waals surface area contributed by atoms with Gasteiger partial charge in [0.25, 0.3) is 5.91 Å². The van der Waals surface area contributed by atoms with E-state index in [1.165, 1.54) is 30.9 Å². The fraction of sp³-hybridized carbons (Fsp3) is 0.480. The molecule has 2 aliphatic rings. The number of carbonyl (C=O) groups is 1. The van der Waals surface area contributed by atoms with E-state index >= 15 is 0 Å². The van der Waals surface area contributed by atoms with Crippen LogP contribution in [-0.4, -0.2) is 55.8 Å². The van der Waals surface area contributed by atoms with Gasteiger partial charge in [0, 0.05) is 13.1 Å². The number of hydrogen-bond acceptors (Lipinski definition) is 6. The lowest BCUT2D eigenvalue weighted by Crippen LogP contribution is -2.47. The number of phenolic OH excluding ortho intramolecular Hbond substituents is 1. The van der Waals surface area contributed by atoms with Gasteiger partial charge in [-0.3, -0.25) is 4.79 Å². The van der Waals surface area contributed by atoms with Crippen LogP contribution in [0, 0.1) is 5.92 Å². The van der Waals surface area contributed by atoms with Crippen LogP contribution in [-0.2, 0) is 25.9 Å². The first-order valence-electron chi connectivity index (χ1n) is 11.8. The quantitative estimate of drug-likeness (QED) is 0.560. The van der Waals surface area contributed by atoms with Crippen molar-refractivity contribution in [2.45, 2.75) is 65.5 Å². The highest BCUT2D eigenvalue weighted by molar-refractivity contribution is 7.93. The average molecular weight is 560 g/mol. The molecule has 2 aromatic rings. The molecule has 1 saturated heterocycles. The molecule has 2 aromatic carbocycles.